The van der Waals surface area contributed by atoms with Gasteiger partial charge in [0.25, 0.3) is 5.91 Å². The molecule has 0 saturated carbocycles. The van der Waals surface area contributed by atoms with Crippen LogP contribution < -0.4 is 0 Å². The summed E-state index contributed by atoms with van der Waals surface area (Å²) in [6.07, 6.45) is 7.17. The monoisotopic (exact) mass is 362 g/mol. The average molecular weight is 362 g/mol. The van der Waals surface area contributed by atoms with Crippen LogP contribution in [0.4, 0.5) is 0 Å². The maximum atomic E-state index is 12.9. The van der Waals surface area contributed by atoms with Crippen LogP contribution >= 0.6 is 0 Å². The summed E-state index contributed by atoms with van der Waals surface area (Å²) in [5, 5.41) is 1.11. The van der Waals surface area contributed by atoms with E-state index in [4.69, 9.17) is 0 Å². The van der Waals surface area contributed by atoms with Crippen molar-refractivity contribution < 1.29 is 4.79 Å². The predicted octanol–water partition coefficient (Wildman–Crippen LogP) is 3.99. The predicted molar refractivity (Wildman–Crippen MR) is 107 cm³/mol. The van der Waals surface area contributed by atoms with Crippen LogP contribution in [0.2, 0.25) is 0 Å². The average Bonchev–Trinajstić information content (AvgIpc) is 3.11. The Balaban J connectivity index is 1.38. The molecule has 1 aliphatic heterocycles. The van der Waals surface area contributed by atoms with Gasteiger partial charge in [0.15, 0.2) is 0 Å². The van der Waals surface area contributed by atoms with Crippen LogP contribution in [0.15, 0.2) is 42.7 Å². The van der Waals surface area contributed by atoms with Crippen LogP contribution in [-0.4, -0.2) is 38.4 Å². The molecule has 27 heavy (non-hydrogen) atoms. The van der Waals surface area contributed by atoms with E-state index in [1.54, 1.807) is 0 Å². The highest BCUT2D eigenvalue weighted by atomic mass is 16.2. The number of piperidine rings is 1. The molecule has 1 aromatic carbocycles. The number of benzene rings is 1. The van der Waals surface area contributed by atoms with Gasteiger partial charge in [-0.1, -0.05) is 18.2 Å². The fourth-order valence-corrected chi connectivity index (χ4v) is 4.01. The highest BCUT2D eigenvalue weighted by molar-refractivity contribution is 5.96. The van der Waals surface area contributed by atoms with Gasteiger partial charge in [-0.05, 0) is 56.7 Å². The number of nitrogens with zero attached hydrogens (tertiary/aromatic N) is 4. The van der Waals surface area contributed by atoms with Crippen LogP contribution in [0, 0.1) is 19.8 Å². The number of hydrogen-bond acceptors (Lipinski definition) is 3. The van der Waals surface area contributed by atoms with Gasteiger partial charge in [0.1, 0.15) is 11.5 Å². The van der Waals surface area contributed by atoms with Crippen molar-refractivity contribution in [2.24, 2.45) is 5.92 Å². The third-order valence-corrected chi connectivity index (χ3v) is 5.75. The number of pyridine rings is 1. The van der Waals surface area contributed by atoms with Crippen LogP contribution in [0.5, 0.6) is 0 Å². The summed E-state index contributed by atoms with van der Waals surface area (Å²) in [6.45, 7) is 6.74. The lowest BCUT2D eigenvalue weighted by molar-refractivity contribution is 0.0679. The Morgan fingerprint density at radius 3 is 2.70 bits per heavy atom. The Kier molecular flexibility index (Phi) is 4.92. The van der Waals surface area contributed by atoms with Crippen molar-refractivity contribution >= 4 is 16.8 Å². The molecule has 4 rings (SSSR count). The molecule has 1 fully saturated rings. The molecule has 1 saturated heterocycles. The summed E-state index contributed by atoms with van der Waals surface area (Å²) in [5.74, 6) is 1.80. The lowest BCUT2D eigenvalue weighted by atomic mass is 9.93. The first-order valence-electron chi connectivity index (χ1n) is 9.75. The Bertz CT molecular complexity index is 954. The van der Waals surface area contributed by atoms with Gasteiger partial charge in [-0.15, -0.1) is 0 Å². The van der Waals surface area contributed by atoms with E-state index < -0.39 is 0 Å². The fraction of sp³-hybridized carbons (Fsp3) is 0.409. The van der Waals surface area contributed by atoms with Crippen LogP contribution in [0.25, 0.3) is 10.9 Å². The minimum Gasteiger partial charge on any atom is -0.337 e. The highest BCUT2D eigenvalue weighted by Gasteiger charge is 2.24. The smallest absolute Gasteiger partial charge is 0.272 e. The molecule has 0 aliphatic carbocycles. The zero-order chi connectivity index (χ0) is 18.8. The number of carbonyl (C=O) groups is 1. The highest BCUT2D eigenvalue weighted by Crippen LogP contribution is 2.24. The molecule has 2 aromatic heterocycles. The van der Waals surface area contributed by atoms with E-state index in [9.17, 15) is 4.79 Å². The standard InChI is InChI=1S/C22H26N4O/c1-16-15-21(24-20-6-4-3-5-19(16)20)22(27)26-12-8-18(9-13-26)7-11-25-14-10-23-17(25)2/h3-6,10,14-15,18H,7-9,11-13H2,1-2H3. The van der Waals surface area contributed by atoms with E-state index in [0.29, 0.717) is 11.6 Å². The summed E-state index contributed by atoms with van der Waals surface area (Å²) in [6, 6.07) is 9.94. The minimum absolute atomic E-state index is 0.0627. The van der Waals surface area contributed by atoms with E-state index in [-0.39, 0.29) is 5.91 Å². The fourth-order valence-electron chi connectivity index (χ4n) is 4.01. The lowest BCUT2D eigenvalue weighted by Crippen LogP contribution is -2.39. The number of imidazole rings is 1. The van der Waals surface area contributed by atoms with Gasteiger partial charge in [0, 0.05) is 37.4 Å². The number of aryl methyl sites for hydroxylation is 3. The summed E-state index contributed by atoms with van der Waals surface area (Å²) >= 11 is 0. The van der Waals surface area contributed by atoms with Gasteiger partial charge in [0.05, 0.1) is 5.52 Å². The van der Waals surface area contributed by atoms with Crippen molar-refractivity contribution in [1.82, 2.24) is 19.4 Å². The van der Waals surface area contributed by atoms with E-state index in [2.05, 4.69) is 20.6 Å². The number of amides is 1. The second kappa shape index (κ2) is 7.51. The maximum Gasteiger partial charge on any atom is 0.272 e. The van der Waals surface area contributed by atoms with Crippen molar-refractivity contribution in [1.29, 1.82) is 0 Å². The second-order valence-corrected chi connectivity index (χ2v) is 7.53. The molecule has 0 N–H and O–H groups in total. The van der Waals surface area contributed by atoms with Gasteiger partial charge in [-0.3, -0.25) is 4.79 Å². The third-order valence-electron chi connectivity index (χ3n) is 5.75. The molecule has 1 amide bonds. The largest absolute Gasteiger partial charge is 0.337 e. The van der Waals surface area contributed by atoms with Crippen molar-refractivity contribution in [3.8, 4) is 0 Å². The Labute approximate surface area is 160 Å². The molecular formula is C22H26N4O. The Hall–Kier alpha value is -2.69. The molecule has 5 heteroatoms. The number of likely N-dealkylation sites (tertiary alicyclic amines) is 1. The van der Waals surface area contributed by atoms with Crippen molar-refractivity contribution in [3.63, 3.8) is 0 Å². The van der Waals surface area contributed by atoms with E-state index >= 15 is 0 Å². The number of para-hydroxylation sites is 1. The normalized spacial score (nSPS) is 15.4. The number of aromatic nitrogens is 3. The van der Waals surface area contributed by atoms with E-state index in [1.165, 1.54) is 0 Å². The molecule has 0 unspecified atom stereocenters. The number of hydrogen-bond donors (Lipinski definition) is 0. The minimum atomic E-state index is 0.0627. The van der Waals surface area contributed by atoms with Crippen molar-refractivity contribution in [2.45, 2.75) is 39.7 Å². The van der Waals surface area contributed by atoms with Crippen LogP contribution in [0.3, 0.4) is 0 Å². The number of rotatable bonds is 4. The molecule has 140 valence electrons. The van der Waals surface area contributed by atoms with Crippen LogP contribution in [-0.2, 0) is 6.54 Å². The zero-order valence-corrected chi connectivity index (χ0v) is 16.1. The molecule has 3 heterocycles. The number of carbonyl (C=O) groups excluding carboxylic acids is 1. The molecular weight excluding hydrogens is 336 g/mol. The summed E-state index contributed by atoms with van der Waals surface area (Å²) in [7, 11) is 0. The van der Waals surface area contributed by atoms with E-state index in [1.807, 2.05) is 55.4 Å². The summed E-state index contributed by atoms with van der Waals surface area (Å²) < 4.78 is 2.21. The first-order chi connectivity index (χ1) is 13.1. The first kappa shape index (κ1) is 17.7. The molecule has 0 spiro atoms. The maximum absolute atomic E-state index is 12.9. The summed E-state index contributed by atoms with van der Waals surface area (Å²) in [5.41, 5.74) is 2.57. The van der Waals surface area contributed by atoms with Crippen LogP contribution in [0.1, 0.15) is 41.1 Å². The topological polar surface area (TPSA) is 51.0 Å². The van der Waals surface area contributed by atoms with Crippen molar-refractivity contribution in [3.05, 3.63) is 59.8 Å². The van der Waals surface area contributed by atoms with Crippen molar-refractivity contribution in [2.75, 3.05) is 13.1 Å². The molecule has 3 aromatic rings. The Morgan fingerprint density at radius 1 is 1.19 bits per heavy atom. The SMILES string of the molecule is Cc1cc(C(=O)N2CCC(CCn3ccnc3C)CC2)nc2ccccc12. The first-order valence-corrected chi connectivity index (χ1v) is 9.75. The van der Waals surface area contributed by atoms with Gasteiger partial charge in [-0.2, -0.15) is 0 Å². The zero-order valence-electron chi connectivity index (χ0n) is 16.1. The second-order valence-electron chi connectivity index (χ2n) is 7.53. The Morgan fingerprint density at radius 2 is 1.96 bits per heavy atom. The van der Waals surface area contributed by atoms with Gasteiger partial charge in [-0.25, -0.2) is 9.97 Å². The summed E-state index contributed by atoms with van der Waals surface area (Å²) in [4.78, 5) is 23.8. The van der Waals surface area contributed by atoms with Gasteiger partial charge < -0.3 is 9.47 Å². The number of fused-ring (bicyclic) bond motifs is 1. The molecule has 0 radical (unpaired) electrons. The molecule has 5 nitrogen and oxygen atoms in total. The van der Waals surface area contributed by atoms with Gasteiger partial charge >= 0.3 is 0 Å². The quantitative estimate of drug-likeness (QED) is 0.705. The molecule has 0 atom stereocenters. The van der Waals surface area contributed by atoms with E-state index in [0.717, 1.165) is 61.2 Å². The van der Waals surface area contributed by atoms with Gasteiger partial charge in [0.2, 0.25) is 0 Å². The molecule has 0 bridgehead atoms. The lowest BCUT2D eigenvalue weighted by Gasteiger charge is -2.32. The molecule has 1 aliphatic rings. The third kappa shape index (κ3) is 3.72.